The Balaban J connectivity index is 3.31. The zero-order valence-electron chi connectivity index (χ0n) is 34.9. The number of aliphatic carboxylic acids is 1. The van der Waals surface area contributed by atoms with Crippen molar-refractivity contribution in [2.24, 2.45) is 39.6 Å². The van der Waals surface area contributed by atoms with Gasteiger partial charge in [0.15, 0.2) is 5.96 Å². The first-order chi connectivity index (χ1) is 28.6. The van der Waals surface area contributed by atoms with Crippen LogP contribution < -0.4 is 60.6 Å². The van der Waals surface area contributed by atoms with Gasteiger partial charge in [0.25, 0.3) is 0 Å². The van der Waals surface area contributed by atoms with E-state index in [0.29, 0.717) is 18.5 Å². The van der Waals surface area contributed by atoms with Gasteiger partial charge in [-0.3, -0.25) is 38.6 Å². The molecule has 9 atom stereocenters. The second-order valence-electron chi connectivity index (χ2n) is 15.0. The van der Waals surface area contributed by atoms with Gasteiger partial charge in [-0.15, -0.1) is 0 Å². The van der Waals surface area contributed by atoms with E-state index in [1.807, 2.05) is 0 Å². The molecule has 1 aromatic rings. The van der Waals surface area contributed by atoms with Crippen LogP contribution in [0.2, 0.25) is 0 Å². The van der Waals surface area contributed by atoms with Gasteiger partial charge in [-0.1, -0.05) is 13.8 Å². The number of nitrogens with two attached hydrogens (primary N) is 5. The Labute approximate surface area is 352 Å². The third kappa shape index (κ3) is 20.3. The average Bonchev–Trinajstić information content (AvgIpc) is 3.68. The quantitative estimate of drug-likeness (QED) is 0.0203. The van der Waals surface area contributed by atoms with Gasteiger partial charge in [0, 0.05) is 24.9 Å². The number of carbonyl (C=O) groups is 8. The van der Waals surface area contributed by atoms with Crippen LogP contribution in [0.25, 0.3) is 0 Å². The van der Waals surface area contributed by atoms with Crippen molar-refractivity contribution in [3.8, 4) is 0 Å². The number of nitrogens with zero attached hydrogens (tertiary/aromatic N) is 2. The van der Waals surface area contributed by atoms with E-state index < -0.39 is 108 Å². The van der Waals surface area contributed by atoms with E-state index in [1.165, 1.54) is 19.4 Å². The van der Waals surface area contributed by atoms with Crippen molar-refractivity contribution in [1.29, 1.82) is 0 Å². The summed E-state index contributed by atoms with van der Waals surface area (Å²) >= 11 is 0. The number of guanidine groups is 1. The molecule has 0 aliphatic heterocycles. The Morgan fingerprint density at radius 1 is 0.705 bits per heavy atom. The molecule has 0 spiro atoms. The summed E-state index contributed by atoms with van der Waals surface area (Å²) in [6.07, 6.45) is -0.265. The number of carboxylic acid groups (broad SMARTS) is 1. The van der Waals surface area contributed by atoms with Crippen molar-refractivity contribution in [3.63, 3.8) is 0 Å². The summed E-state index contributed by atoms with van der Waals surface area (Å²) in [7, 11) is 0. The average molecular weight is 869 g/mol. The Morgan fingerprint density at radius 3 is 1.77 bits per heavy atom. The maximum absolute atomic E-state index is 13.8. The van der Waals surface area contributed by atoms with Crippen LogP contribution in [-0.2, 0) is 44.8 Å². The largest absolute Gasteiger partial charge is 0.480 e. The minimum atomic E-state index is -1.78. The molecule has 0 saturated carbocycles. The topological polar surface area (TPSA) is 441 Å². The van der Waals surface area contributed by atoms with Crippen LogP contribution >= 0.6 is 0 Å². The Kier molecular flexibility index (Phi) is 23.5. The number of aromatic amines is 1. The zero-order valence-corrected chi connectivity index (χ0v) is 34.9. The van der Waals surface area contributed by atoms with E-state index in [-0.39, 0.29) is 57.1 Å². The van der Waals surface area contributed by atoms with Crippen molar-refractivity contribution in [3.05, 3.63) is 18.2 Å². The molecule has 0 radical (unpaired) electrons. The number of hydrogen-bond acceptors (Lipinski definition) is 14. The third-order valence-electron chi connectivity index (χ3n) is 9.02. The van der Waals surface area contributed by atoms with Gasteiger partial charge in [0.2, 0.25) is 41.4 Å². The predicted molar refractivity (Wildman–Crippen MR) is 219 cm³/mol. The molecule has 7 amide bonds. The van der Waals surface area contributed by atoms with Crippen LogP contribution in [0, 0.1) is 5.92 Å². The SMILES string of the molecule is CC(C)C[C@H](NC(=O)[C@@H](NC(=O)[C@H](CC(N)=O)NC(=O)[C@H](CCCCN)NC(=O)[C@H](Cc1cnc[nH]1)NC(=O)[C@@H](N)[C@@H](C)O)[C@@H](C)O)C(=O)N[C@@H](CCCN=C(N)N)C(=O)O. The minimum absolute atomic E-state index is 0.00972. The minimum Gasteiger partial charge on any atom is -0.480 e. The summed E-state index contributed by atoms with van der Waals surface area (Å²) in [5, 5.41) is 44.5. The molecule has 0 unspecified atom stereocenters. The summed E-state index contributed by atoms with van der Waals surface area (Å²) in [5.41, 5.74) is 27.8. The van der Waals surface area contributed by atoms with E-state index in [0.717, 1.165) is 6.92 Å². The van der Waals surface area contributed by atoms with E-state index in [4.69, 9.17) is 28.7 Å². The van der Waals surface area contributed by atoms with E-state index >= 15 is 0 Å². The smallest absolute Gasteiger partial charge is 0.326 e. The summed E-state index contributed by atoms with van der Waals surface area (Å²) in [6.45, 7) is 6.22. The van der Waals surface area contributed by atoms with Crippen LogP contribution in [0.4, 0.5) is 0 Å². The molecule has 0 fully saturated rings. The van der Waals surface area contributed by atoms with Gasteiger partial charge < -0.3 is 80.9 Å². The summed E-state index contributed by atoms with van der Waals surface area (Å²) in [5.74, 6) is -8.63. The van der Waals surface area contributed by atoms with E-state index in [1.54, 1.807) is 13.8 Å². The van der Waals surface area contributed by atoms with Crippen LogP contribution in [0.1, 0.15) is 78.3 Å². The number of aliphatic imine (C=N–C) groups is 1. The highest BCUT2D eigenvalue weighted by molar-refractivity contribution is 5.98. The number of rotatable bonds is 29. The fraction of sp³-hybridized carbons (Fsp3) is 0.667. The first kappa shape index (κ1) is 53.1. The standard InChI is InChI=1S/C36H64N14O11/c1-17(2)12-23(30(55)46-22(35(60)61)9-7-11-43-36(40)41)49-34(59)28(19(4)52)50-32(57)25(14-26(38)53)47-29(54)21(8-5-6-10-37)45-31(56)24(13-20-15-42-16-44-20)48-33(58)27(39)18(3)51/h15-19,21-25,27-28,51-52H,5-14,37,39H2,1-4H3,(H2,38,53)(H,42,44)(H,45,56)(H,46,55)(H,47,54)(H,48,58)(H,49,59)(H,50,57)(H,60,61)(H4,40,41,43)/t18-,19-,21+,22+,23+,24+,25+,27+,28+/m1/s1. The van der Waals surface area contributed by atoms with Crippen molar-refractivity contribution >= 4 is 53.3 Å². The molecule has 1 heterocycles. The highest BCUT2D eigenvalue weighted by atomic mass is 16.4. The first-order valence-corrected chi connectivity index (χ1v) is 19.7. The number of aromatic nitrogens is 2. The number of aliphatic hydroxyl groups is 2. The number of imidazole rings is 1. The van der Waals surface area contributed by atoms with Gasteiger partial charge in [0.05, 0.1) is 25.0 Å². The molecule has 1 rings (SSSR count). The van der Waals surface area contributed by atoms with Crippen molar-refractivity contribution in [2.45, 2.75) is 134 Å². The van der Waals surface area contributed by atoms with Gasteiger partial charge in [-0.05, 0) is 64.8 Å². The highest BCUT2D eigenvalue weighted by Gasteiger charge is 2.36. The molecule has 0 aromatic carbocycles. The monoisotopic (exact) mass is 868 g/mol. The third-order valence-corrected chi connectivity index (χ3v) is 9.02. The lowest BCUT2D eigenvalue weighted by Gasteiger charge is -2.28. The molecule has 344 valence electrons. The molecular formula is C36H64N14O11. The number of nitrogens with one attached hydrogen (secondary N) is 7. The lowest BCUT2D eigenvalue weighted by Crippen LogP contribution is -2.62. The van der Waals surface area contributed by atoms with E-state index in [2.05, 4.69) is 46.9 Å². The van der Waals surface area contributed by atoms with Gasteiger partial charge >= 0.3 is 5.97 Å². The zero-order chi connectivity index (χ0) is 46.4. The Hall–Kier alpha value is -5.92. The molecular weight excluding hydrogens is 804 g/mol. The highest BCUT2D eigenvalue weighted by Crippen LogP contribution is 2.10. The predicted octanol–water partition coefficient (Wildman–Crippen LogP) is -5.86. The number of carbonyl (C=O) groups excluding carboxylic acids is 7. The number of primary amides is 1. The normalized spacial score (nSPS) is 15.6. The van der Waals surface area contributed by atoms with Gasteiger partial charge in [-0.2, -0.15) is 0 Å². The molecule has 0 aliphatic rings. The number of H-pyrrole nitrogens is 1. The number of hydrogen-bond donors (Lipinski definition) is 15. The fourth-order valence-corrected chi connectivity index (χ4v) is 5.69. The molecule has 1 aromatic heterocycles. The van der Waals surface area contributed by atoms with Gasteiger partial charge in [-0.25, -0.2) is 9.78 Å². The fourth-order valence-electron chi connectivity index (χ4n) is 5.69. The maximum atomic E-state index is 13.8. The molecule has 0 bridgehead atoms. The summed E-state index contributed by atoms with van der Waals surface area (Å²) < 4.78 is 0. The Bertz CT molecular complexity index is 1640. The first-order valence-electron chi connectivity index (χ1n) is 19.7. The van der Waals surface area contributed by atoms with Crippen LogP contribution in [0.3, 0.4) is 0 Å². The summed E-state index contributed by atoms with van der Waals surface area (Å²) in [4.78, 5) is 115. The van der Waals surface area contributed by atoms with Gasteiger partial charge in [0.1, 0.15) is 42.3 Å². The van der Waals surface area contributed by atoms with Crippen LogP contribution in [-0.4, -0.2) is 146 Å². The lowest BCUT2D eigenvalue weighted by atomic mass is 10.0. The van der Waals surface area contributed by atoms with E-state index in [9.17, 15) is 53.7 Å². The molecule has 25 nitrogen and oxygen atoms in total. The van der Waals surface area contributed by atoms with Crippen LogP contribution in [0.5, 0.6) is 0 Å². The molecule has 0 aliphatic carbocycles. The number of amides is 7. The number of unbranched alkanes of at least 4 members (excludes halogenated alkanes) is 1. The van der Waals surface area contributed by atoms with Crippen molar-refractivity contribution in [2.75, 3.05) is 13.1 Å². The molecule has 0 saturated heterocycles. The molecule has 25 heteroatoms. The number of aliphatic hydroxyl groups excluding tert-OH is 2. The second kappa shape index (κ2) is 27.0. The maximum Gasteiger partial charge on any atom is 0.326 e. The van der Waals surface area contributed by atoms with Crippen LogP contribution in [0.15, 0.2) is 17.5 Å². The second-order valence-corrected chi connectivity index (χ2v) is 15.0. The van der Waals surface area contributed by atoms with Crippen molar-refractivity contribution < 1.29 is 53.7 Å². The number of carboxylic acids is 1. The molecule has 20 N–H and O–H groups in total. The van der Waals surface area contributed by atoms with Crippen molar-refractivity contribution in [1.82, 2.24) is 41.9 Å². The molecule has 61 heavy (non-hydrogen) atoms. The lowest BCUT2D eigenvalue weighted by molar-refractivity contribution is -0.142. The summed E-state index contributed by atoms with van der Waals surface area (Å²) in [6, 6.07) is -10.4. The Morgan fingerprint density at radius 2 is 1.25 bits per heavy atom.